The zero-order valence-corrected chi connectivity index (χ0v) is 20.1. The molecule has 1 amide bonds. The van der Waals surface area contributed by atoms with Gasteiger partial charge in [-0.15, -0.1) is 0 Å². The van der Waals surface area contributed by atoms with Crippen LogP contribution in [-0.2, 0) is 23.1 Å². The molecule has 2 fully saturated rings. The molecule has 1 aromatic carbocycles. The number of aromatic amines is 1. The highest BCUT2D eigenvalue weighted by Crippen LogP contribution is 2.21. The summed E-state index contributed by atoms with van der Waals surface area (Å²) in [4.78, 5) is 20.3. The van der Waals surface area contributed by atoms with Crippen LogP contribution in [0.3, 0.4) is 0 Å². The van der Waals surface area contributed by atoms with E-state index in [1.54, 1.807) is 11.8 Å². The lowest BCUT2D eigenvalue weighted by molar-refractivity contribution is 0.0946. The standard InChI is InChI=1S/C22H31N5O3S2/c1-25-5-7-26(8-6-25)17-19-4-2-3-18(13-19)15-24-22(28)21-14-20(16-23-21)32(29,30)27-9-11-31-12-10-27/h2-4,13-14,16,23H,5-12,15,17H2,1H3,(H,24,28). The van der Waals surface area contributed by atoms with Gasteiger partial charge in [0.05, 0.1) is 0 Å². The van der Waals surface area contributed by atoms with Gasteiger partial charge in [-0.05, 0) is 24.2 Å². The maximum Gasteiger partial charge on any atom is 0.268 e. The number of amides is 1. The molecule has 2 aromatic rings. The molecule has 8 nitrogen and oxygen atoms in total. The topological polar surface area (TPSA) is 88.8 Å². The number of H-pyrrole nitrogens is 1. The van der Waals surface area contributed by atoms with Crippen molar-refractivity contribution in [2.45, 2.75) is 18.0 Å². The molecule has 2 saturated heterocycles. The van der Waals surface area contributed by atoms with E-state index in [-0.39, 0.29) is 16.5 Å². The summed E-state index contributed by atoms with van der Waals surface area (Å²) in [5, 5.41) is 2.89. The number of benzene rings is 1. The lowest BCUT2D eigenvalue weighted by atomic mass is 10.1. The maximum absolute atomic E-state index is 12.8. The molecule has 2 aliphatic rings. The maximum atomic E-state index is 12.8. The van der Waals surface area contributed by atoms with E-state index >= 15 is 0 Å². The molecule has 0 saturated carbocycles. The van der Waals surface area contributed by atoms with Gasteiger partial charge in [-0.2, -0.15) is 16.1 Å². The van der Waals surface area contributed by atoms with Gasteiger partial charge in [0.25, 0.3) is 5.91 Å². The first-order valence-corrected chi connectivity index (χ1v) is 13.5. The Morgan fingerprint density at radius 1 is 1.06 bits per heavy atom. The second-order valence-electron chi connectivity index (χ2n) is 8.35. The molecule has 4 rings (SSSR count). The molecule has 2 N–H and O–H groups in total. The van der Waals surface area contributed by atoms with Crippen LogP contribution in [-0.4, -0.2) is 91.2 Å². The normalized spacial score (nSPS) is 19.2. The number of thioether (sulfide) groups is 1. The molecule has 0 unspecified atom stereocenters. The fraction of sp³-hybridized carbons (Fsp3) is 0.500. The van der Waals surface area contributed by atoms with E-state index in [2.05, 4.69) is 39.3 Å². The van der Waals surface area contributed by atoms with Crippen molar-refractivity contribution in [2.24, 2.45) is 0 Å². The average Bonchev–Trinajstić information content (AvgIpc) is 3.31. The van der Waals surface area contributed by atoms with E-state index in [0.717, 1.165) is 49.8 Å². The van der Waals surface area contributed by atoms with Gasteiger partial charge in [0.2, 0.25) is 10.0 Å². The van der Waals surface area contributed by atoms with Gasteiger partial charge >= 0.3 is 0 Å². The van der Waals surface area contributed by atoms with Crippen molar-refractivity contribution in [3.8, 4) is 0 Å². The summed E-state index contributed by atoms with van der Waals surface area (Å²) in [6, 6.07) is 9.68. The largest absolute Gasteiger partial charge is 0.356 e. The van der Waals surface area contributed by atoms with Crippen molar-refractivity contribution >= 4 is 27.7 Å². The molecule has 0 aliphatic carbocycles. The number of aromatic nitrogens is 1. The predicted octanol–water partition coefficient (Wildman–Crippen LogP) is 1.43. The van der Waals surface area contributed by atoms with Crippen LogP contribution in [0.2, 0.25) is 0 Å². The minimum atomic E-state index is -3.56. The van der Waals surface area contributed by atoms with Gasteiger partial charge < -0.3 is 15.2 Å². The Bertz CT molecular complexity index is 1030. The van der Waals surface area contributed by atoms with Gasteiger partial charge in [-0.3, -0.25) is 9.69 Å². The van der Waals surface area contributed by atoms with Crippen LogP contribution in [0.1, 0.15) is 21.6 Å². The van der Waals surface area contributed by atoms with Crippen LogP contribution in [0.15, 0.2) is 41.4 Å². The highest BCUT2D eigenvalue weighted by Gasteiger charge is 2.27. The Morgan fingerprint density at radius 3 is 2.53 bits per heavy atom. The zero-order valence-electron chi connectivity index (χ0n) is 18.4. The molecule has 0 spiro atoms. The summed E-state index contributed by atoms with van der Waals surface area (Å²) in [5.74, 6) is 1.28. The van der Waals surface area contributed by atoms with E-state index in [1.165, 1.54) is 22.1 Å². The quantitative estimate of drug-likeness (QED) is 0.627. The zero-order chi connectivity index (χ0) is 22.6. The van der Waals surface area contributed by atoms with Crippen molar-refractivity contribution in [3.63, 3.8) is 0 Å². The first kappa shape index (κ1) is 23.3. The molecule has 0 atom stereocenters. The smallest absolute Gasteiger partial charge is 0.268 e. The van der Waals surface area contributed by atoms with Gasteiger partial charge in [0, 0.05) is 70.1 Å². The average molecular weight is 478 g/mol. The summed E-state index contributed by atoms with van der Waals surface area (Å²) in [6.45, 7) is 6.59. The Morgan fingerprint density at radius 2 is 1.78 bits per heavy atom. The third-order valence-electron chi connectivity index (χ3n) is 5.96. The number of likely N-dealkylation sites (N-methyl/N-ethyl adjacent to an activating group) is 1. The highest BCUT2D eigenvalue weighted by atomic mass is 32.2. The molecule has 174 valence electrons. The van der Waals surface area contributed by atoms with Crippen LogP contribution in [0.25, 0.3) is 0 Å². The molecule has 0 radical (unpaired) electrons. The number of hydrogen-bond acceptors (Lipinski definition) is 6. The van der Waals surface area contributed by atoms with Crippen molar-refractivity contribution in [3.05, 3.63) is 53.3 Å². The molecule has 0 bridgehead atoms. The first-order valence-electron chi connectivity index (χ1n) is 10.9. The van der Waals surface area contributed by atoms with Gasteiger partial charge in [-0.1, -0.05) is 24.3 Å². The summed E-state index contributed by atoms with van der Waals surface area (Å²) in [7, 11) is -1.42. The van der Waals surface area contributed by atoms with Crippen LogP contribution in [0.5, 0.6) is 0 Å². The molecular weight excluding hydrogens is 446 g/mol. The van der Waals surface area contributed by atoms with E-state index in [1.807, 2.05) is 12.1 Å². The van der Waals surface area contributed by atoms with Crippen LogP contribution in [0, 0.1) is 0 Å². The Balaban J connectivity index is 1.33. The summed E-state index contributed by atoms with van der Waals surface area (Å²) in [5.41, 5.74) is 2.51. The van der Waals surface area contributed by atoms with Crippen LogP contribution in [0.4, 0.5) is 0 Å². The molecular formula is C22H31N5O3S2. The monoisotopic (exact) mass is 477 g/mol. The second kappa shape index (κ2) is 10.4. The van der Waals surface area contributed by atoms with Crippen molar-refractivity contribution in [1.82, 2.24) is 24.4 Å². The lowest BCUT2D eigenvalue weighted by Crippen LogP contribution is -2.43. The number of nitrogens with one attached hydrogen (secondary N) is 2. The number of carbonyl (C=O) groups is 1. The van der Waals surface area contributed by atoms with E-state index in [4.69, 9.17) is 0 Å². The number of sulfonamides is 1. The van der Waals surface area contributed by atoms with Crippen molar-refractivity contribution in [2.75, 3.05) is 57.8 Å². The summed E-state index contributed by atoms with van der Waals surface area (Å²) < 4.78 is 27.0. The lowest BCUT2D eigenvalue weighted by Gasteiger charge is -2.32. The number of carbonyl (C=O) groups excluding carboxylic acids is 1. The number of rotatable bonds is 7. The molecule has 10 heteroatoms. The number of nitrogens with zero attached hydrogens (tertiary/aromatic N) is 3. The second-order valence-corrected chi connectivity index (χ2v) is 11.5. The van der Waals surface area contributed by atoms with Crippen LogP contribution >= 0.6 is 11.8 Å². The third-order valence-corrected chi connectivity index (χ3v) is 8.77. The minimum absolute atomic E-state index is 0.142. The highest BCUT2D eigenvalue weighted by molar-refractivity contribution is 7.99. The van der Waals surface area contributed by atoms with E-state index in [9.17, 15) is 13.2 Å². The Labute approximate surface area is 194 Å². The van der Waals surface area contributed by atoms with E-state index < -0.39 is 10.0 Å². The number of piperazine rings is 1. The minimum Gasteiger partial charge on any atom is -0.356 e. The fourth-order valence-electron chi connectivity index (χ4n) is 3.97. The van der Waals surface area contributed by atoms with Gasteiger partial charge in [-0.25, -0.2) is 8.42 Å². The molecule has 32 heavy (non-hydrogen) atoms. The summed E-state index contributed by atoms with van der Waals surface area (Å²) in [6.07, 6.45) is 1.41. The van der Waals surface area contributed by atoms with Crippen molar-refractivity contribution in [1.29, 1.82) is 0 Å². The van der Waals surface area contributed by atoms with Crippen LogP contribution < -0.4 is 5.32 Å². The predicted molar refractivity (Wildman–Crippen MR) is 127 cm³/mol. The van der Waals surface area contributed by atoms with Crippen molar-refractivity contribution < 1.29 is 13.2 Å². The molecule has 1 aromatic heterocycles. The fourth-order valence-corrected chi connectivity index (χ4v) is 6.54. The molecule has 3 heterocycles. The third kappa shape index (κ3) is 5.74. The summed E-state index contributed by atoms with van der Waals surface area (Å²) >= 11 is 1.75. The Kier molecular flexibility index (Phi) is 7.57. The first-order chi connectivity index (χ1) is 15.4. The Hall–Kier alpha value is -1.85. The number of hydrogen-bond donors (Lipinski definition) is 2. The molecule has 2 aliphatic heterocycles. The SMILES string of the molecule is CN1CCN(Cc2cccc(CNC(=O)c3cc(S(=O)(=O)N4CCSCC4)c[nH]3)c2)CC1. The van der Waals surface area contributed by atoms with Gasteiger partial charge in [0.1, 0.15) is 10.6 Å². The van der Waals surface area contributed by atoms with E-state index in [0.29, 0.717) is 19.6 Å². The van der Waals surface area contributed by atoms with Gasteiger partial charge in [0.15, 0.2) is 0 Å².